The van der Waals surface area contributed by atoms with Gasteiger partial charge in [0, 0.05) is 11.3 Å². The number of aromatic nitrogens is 1. The molecule has 5 heteroatoms. The van der Waals surface area contributed by atoms with Crippen LogP contribution in [0.15, 0.2) is 12.1 Å². The van der Waals surface area contributed by atoms with E-state index in [1.54, 1.807) is 19.1 Å². The Kier molecular flexibility index (Phi) is 3.43. The summed E-state index contributed by atoms with van der Waals surface area (Å²) in [7, 11) is 1.28. The second-order valence-electron chi connectivity index (χ2n) is 2.83. The lowest BCUT2D eigenvalue weighted by atomic mass is 10.1. The van der Waals surface area contributed by atoms with Crippen molar-refractivity contribution in [1.82, 2.24) is 4.98 Å². The minimum absolute atomic E-state index is 0.239. The highest BCUT2D eigenvalue weighted by Crippen LogP contribution is 2.20. The number of nitrogens with zero attached hydrogens (tertiary/aromatic N) is 1. The van der Waals surface area contributed by atoms with Gasteiger partial charge in [-0.05, 0) is 13.0 Å². The molecule has 0 bridgehead atoms. The van der Waals surface area contributed by atoms with Gasteiger partial charge in [0.15, 0.2) is 0 Å². The van der Waals surface area contributed by atoms with E-state index in [-0.39, 0.29) is 5.15 Å². The average molecular weight is 215 g/mol. The zero-order chi connectivity index (χ0) is 10.7. The molecule has 0 fully saturated rings. The molecule has 1 aromatic heterocycles. The fourth-order valence-electron chi connectivity index (χ4n) is 1.02. The van der Waals surface area contributed by atoms with E-state index >= 15 is 0 Å². The van der Waals surface area contributed by atoms with Crippen molar-refractivity contribution in [1.29, 1.82) is 0 Å². The maximum atomic E-state index is 11.1. The highest BCUT2D eigenvalue weighted by Gasteiger charge is 2.19. The third kappa shape index (κ3) is 2.21. The number of halogens is 1. The second kappa shape index (κ2) is 4.39. The lowest BCUT2D eigenvalue weighted by Crippen LogP contribution is -2.23. The van der Waals surface area contributed by atoms with Gasteiger partial charge in [0.1, 0.15) is 11.2 Å². The van der Waals surface area contributed by atoms with Gasteiger partial charge in [-0.3, -0.25) is 4.79 Å². The number of hydrogen-bond acceptors (Lipinski definition) is 4. The molecule has 1 heterocycles. The fourth-order valence-corrected chi connectivity index (χ4v) is 1.34. The van der Waals surface area contributed by atoms with Crippen LogP contribution in [0.25, 0.3) is 0 Å². The molecule has 0 spiro atoms. The van der Waals surface area contributed by atoms with Crippen LogP contribution in [0.1, 0.15) is 17.3 Å². The highest BCUT2D eigenvalue weighted by atomic mass is 35.5. The van der Waals surface area contributed by atoms with Crippen molar-refractivity contribution >= 4 is 17.6 Å². The average Bonchev–Trinajstić information content (AvgIpc) is 2.15. The van der Waals surface area contributed by atoms with Crippen LogP contribution in [-0.4, -0.2) is 18.1 Å². The van der Waals surface area contributed by atoms with Gasteiger partial charge in [-0.1, -0.05) is 17.7 Å². The molecule has 0 amide bonds. The Balaban J connectivity index is 3.01. The number of rotatable bonds is 2. The molecule has 0 radical (unpaired) electrons. The van der Waals surface area contributed by atoms with Crippen LogP contribution in [0.2, 0.25) is 5.15 Å². The Morgan fingerprint density at radius 1 is 1.64 bits per heavy atom. The molecule has 0 saturated heterocycles. The smallest absolute Gasteiger partial charge is 0.327 e. The van der Waals surface area contributed by atoms with Crippen molar-refractivity contribution in [3.8, 4) is 0 Å². The fraction of sp³-hybridized carbons (Fsp3) is 0.333. The Labute approximate surface area is 87.0 Å². The number of aryl methyl sites for hydroxylation is 1. The number of nitrogens with two attached hydrogens (primary N) is 1. The zero-order valence-corrected chi connectivity index (χ0v) is 8.71. The molecule has 0 aliphatic rings. The Morgan fingerprint density at radius 2 is 2.29 bits per heavy atom. The number of esters is 1. The molecule has 1 atom stereocenters. The number of methoxy groups -OCH3 is 1. The first-order chi connectivity index (χ1) is 6.56. The maximum Gasteiger partial charge on any atom is 0.327 e. The quantitative estimate of drug-likeness (QED) is 0.594. The highest BCUT2D eigenvalue weighted by molar-refractivity contribution is 6.30. The minimum Gasteiger partial charge on any atom is -0.468 e. The van der Waals surface area contributed by atoms with Crippen LogP contribution in [0, 0.1) is 6.92 Å². The summed E-state index contributed by atoms with van der Waals surface area (Å²) >= 11 is 5.83. The monoisotopic (exact) mass is 214 g/mol. The molecule has 0 aromatic carbocycles. The van der Waals surface area contributed by atoms with Gasteiger partial charge in [-0.2, -0.15) is 0 Å². The zero-order valence-electron chi connectivity index (χ0n) is 7.95. The lowest BCUT2D eigenvalue weighted by Gasteiger charge is -2.10. The van der Waals surface area contributed by atoms with Crippen LogP contribution in [0.4, 0.5) is 0 Å². The summed E-state index contributed by atoms with van der Waals surface area (Å²) in [4.78, 5) is 15.1. The number of pyridine rings is 1. The third-order valence-corrected chi connectivity index (χ3v) is 2.11. The van der Waals surface area contributed by atoms with Crippen molar-refractivity contribution in [3.63, 3.8) is 0 Å². The largest absolute Gasteiger partial charge is 0.468 e. The summed E-state index contributed by atoms with van der Waals surface area (Å²) in [5, 5.41) is 0.239. The lowest BCUT2D eigenvalue weighted by molar-refractivity contribution is -0.142. The molecule has 14 heavy (non-hydrogen) atoms. The molecular weight excluding hydrogens is 204 g/mol. The molecule has 0 aliphatic heterocycles. The van der Waals surface area contributed by atoms with Crippen LogP contribution < -0.4 is 5.73 Å². The maximum absolute atomic E-state index is 11.1. The molecule has 0 saturated carbocycles. The third-order valence-electron chi connectivity index (χ3n) is 1.81. The Morgan fingerprint density at radius 3 is 2.79 bits per heavy atom. The molecule has 1 aromatic rings. The van der Waals surface area contributed by atoms with E-state index in [0.717, 1.165) is 5.69 Å². The Bertz CT molecular complexity index is 355. The summed E-state index contributed by atoms with van der Waals surface area (Å²) in [5.74, 6) is -0.530. The van der Waals surface area contributed by atoms with Gasteiger partial charge in [-0.25, -0.2) is 4.98 Å². The molecule has 4 nitrogen and oxygen atoms in total. The van der Waals surface area contributed by atoms with Gasteiger partial charge in [0.2, 0.25) is 0 Å². The Hall–Kier alpha value is -1.13. The van der Waals surface area contributed by atoms with E-state index in [4.69, 9.17) is 17.3 Å². The van der Waals surface area contributed by atoms with Gasteiger partial charge in [-0.15, -0.1) is 0 Å². The number of carbonyl (C=O) groups excluding carboxylic acids is 1. The first-order valence-electron chi connectivity index (χ1n) is 4.02. The molecule has 0 aliphatic carbocycles. The van der Waals surface area contributed by atoms with Crippen LogP contribution in [0.3, 0.4) is 0 Å². The van der Waals surface area contributed by atoms with E-state index in [2.05, 4.69) is 9.72 Å². The number of carbonyl (C=O) groups is 1. The van der Waals surface area contributed by atoms with E-state index < -0.39 is 12.0 Å². The first-order valence-corrected chi connectivity index (χ1v) is 4.40. The molecule has 1 rings (SSSR count). The van der Waals surface area contributed by atoms with Gasteiger partial charge in [0.05, 0.1) is 7.11 Å². The van der Waals surface area contributed by atoms with E-state index in [1.165, 1.54) is 7.11 Å². The van der Waals surface area contributed by atoms with E-state index in [1.807, 2.05) is 0 Å². The summed E-state index contributed by atoms with van der Waals surface area (Å²) < 4.78 is 4.50. The summed E-state index contributed by atoms with van der Waals surface area (Å²) in [5.41, 5.74) is 6.85. The van der Waals surface area contributed by atoms with E-state index in [0.29, 0.717) is 5.56 Å². The molecular formula is C9H11ClN2O2. The van der Waals surface area contributed by atoms with Crippen molar-refractivity contribution in [3.05, 3.63) is 28.5 Å². The van der Waals surface area contributed by atoms with Gasteiger partial charge in [0.25, 0.3) is 0 Å². The number of hydrogen-bond donors (Lipinski definition) is 1. The van der Waals surface area contributed by atoms with Gasteiger partial charge >= 0.3 is 5.97 Å². The summed E-state index contributed by atoms with van der Waals surface area (Å²) in [6.45, 7) is 1.80. The van der Waals surface area contributed by atoms with Crippen LogP contribution in [-0.2, 0) is 9.53 Å². The molecule has 1 unspecified atom stereocenters. The predicted octanol–water partition coefficient (Wildman–Crippen LogP) is 1.22. The predicted molar refractivity (Wildman–Crippen MR) is 52.9 cm³/mol. The normalized spacial score (nSPS) is 12.3. The SMILES string of the molecule is COC(=O)C(N)c1ccc(C)nc1Cl. The van der Waals surface area contributed by atoms with Crippen molar-refractivity contribution in [2.24, 2.45) is 5.73 Å². The second-order valence-corrected chi connectivity index (χ2v) is 3.19. The summed E-state index contributed by atoms with van der Waals surface area (Å²) in [6, 6.07) is 2.54. The molecule has 76 valence electrons. The standard InChI is InChI=1S/C9H11ClN2O2/c1-5-3-4-6(8(10)12-5)7(11)9(13)14-2/h3-4,7H,11H2,1-2H3. The first kappa shape index (κ1) is 10.9. The summed E-state index contributed by atoms with van der Waals surface area (Å²) in [6.07, 6.45) is 0. The van der Waals surface area contributed by atoms with Crippen molar-refractivity contribution in [2.45, 2.75) is 13.0 Å². The minimum atomic E-state index is -0.874. The van der Waals surface area contributed by atoms with E-state index in [9.17, 15) is 4.79 Å². The number of ether oxygens (including phenoxy) is 1. The topological polar surface area (TPSA) is 65.2 Å². The van der Waals surface area contributed by atoms with Crippen molar-refractivity contribution in [2.75, 3.05) is 7.11 Å². The van der Waals surface area contributed by atoms with Crippen molar-refractivity contribution < 1.29 is 9.53 Å². The molecule has 2 N–H and O–H groups in total. The van der Waals surface area contributed by atoms with Gasteiger partial charge < -0.3 is 10.5 Å². The van der Waals surface area contributed by atoms with Crippen LogP contribution >= 0.6 is 11.6 Å². The van der Waals surface area contributed by atoms with Crippen LogP contribution in [0.5, 0.6) is 0 Å².